The first-order chi connectivity index (χ1) is 12.8. The molecule has 0 N–H and O–H groups in total. The van der Waals surface area contributed by atoms with Crippen LogP contribution in [0.4, 0.5) is 0 Å². The summed E-state index contributed by atoms with van der Waals surface area (Å²) in [7, 11) is 2.29. The van der Waals surface area contributed by atoms with E-state index in [0.29, 0.717) is 5.82 Å². The molecular weight excluding hydrogens is 313 g/mol. The van der Waals surface area contributed by atoms with Crippen molar-refractivity contribution in [1.29, 1.82) is 0 Å². The van der Waals surface area contributed by atoms with Crippen molar-refractivity contribution in [3.05, 3.63) is 83.1 Å². The first-order valence-corrected chi connectivity index (χ1v) is 9.90. The van der Waals surface area contributed by atoms with Crippen molar-refractivity contribution in [2.45, 2.75) is 37.9 Å². The van der Waals surface area contributed by atoms with Crippen molar-refractivity contribution in [3.8, 4) is 0 Å². The molecule has 1 aromatic heterocycles. The standard InChI is InChI=1S/C24H24BN/c25-19-13-10-17(11-14-19)18-12-15-24-22(16-18)21-8-4-5-9-23(21)26(24)20-6-2-1-3-7-20/h2,4-11,13,16,19H,1,3,12,14-15,25H2. The summed E-state index contributed by atoms with van der Waals surface area (Å²) in [6, 6.07) is 8.88. The number of hydrogen-bond donors (Lipinski definition) is 0. The molecule has 0 radical (unpaired) electrons. The molecule has 128 valence electrons. The topological polar surface area (TPSA) is 4.93 Å². The number of benzene rings is 1. The second kappa shape index (κ2) is 6.35. The third-order valence-corrected chi connectivity index (χ3v) is 5.88. The second-order valence-corrected chi connectivity index (χ2v) is 7.72. The van der Waals surface area contributed by atoms with Gasteiger partial charge in [-0.15, -0.1) is 0 Å². The molecule has 5 rings (SSSR count). The van der Waals surface area contributed by atoms with E-state index in [0.717, 1.165) is 32.1 Å². The van der Waals surface area contributed by atoms with Crippen molar-refractivity contribution < 1.29 is 0 Å². The second-order valence-electron chi connectivity index (χ2n) is 7.72. The molecule has 26 heavy (non-hydrogen) atoms. The highest BCUT2D eigenvalue weighted by Gasteiger charge is 2.22. The summed E-state index contributed by atoms with van der Waals surface area (Å²) in [5.74, 6) is 0.672. The number of hydrogen-bond acceptors (Lipinski definition) is 0. The van der Waals surface area contributed by atoms with Gasteiger partial charge in [0.1, 0.15) is 7.85 Å². The van der Waals surface area contributed by atoms with Crippen molar-refractivity contribution >= 4 is 30.5 Å². The maximum atomic E-state index is 2.50. The van der Waals surface area contributed by atoms with Crippen LogP contribution in [0, 0.1) is 0 Å². The highest BCUT2D eigenvalue weighted by Crippen LogP contribution is 2.39. The minimum absolute atomic E-state index is 0.672. The zero-order chi connectivity index (χ0) is 17.5. The van der Waals surface area contributed by atoms with Crippen LogP contribution in [-0.4, -0.2) is 12.4 Å². The van der Waals surface area contributed by atoms with E-state index in [9.17, 15) is 0 Å². The summed E-state index contributed by atoms with van der Waals surface area (Å²) in [6.45, 7) is 0. The number of rotatable bonds is 2. The van der Waals surface area contributed by atoms with E-state index >= 15 is 0 Å². The van der Waals surface area contributed by atoms with Gasteiger partial charge in [-0.2, -0.15) is 0 Å². The number of aromatic nitrogens is 1. The SMILES string of the molecule is BC1C=CC(C2=Cc3c(n(C4=CCCC=C4)c4ccccc34)CC2)=CC1. The van der Waals surface area contributed by atoms with E-state index in [-0.39, 0.29) is 0 Å². The van der Waals surface area contributed by atoms with E-state index in [1.807, 2.05) is 0 Å². The molecule has 0 spiro atoms. The van der Waals surface area contributed by atoms with Crippen LogP contribution >= 0.6 is 0 Å². The fraction of sp³-hybridized carbons (Fsp3) is 0.250. The number of para-hydroxylation sites is 1. The predicted octanol–water partition coefficient (Wildman–Crippen LogP) is 5.47. The Hall–Kier alpha value is -2.48. The molecule has 1 nitrogen and oxygen atoms in total. The fourth-order valence-electron chi connectivity index (χ4n) is 4.48. The maximum absolute atomic E-state index is 2.50. The van der Waals surface area contributed by atoms with Crippen molar-refractivity contribution in [2.24, 2.45) is 0 Å². The molecule has 1 atom stereocenters. The summed E-state index contributed by atoms with van der Waals surface area (Å²) in [6.07, 6.45) is 22.3. The molecule has 0 saturated carbocycles. The van der Waals surface area contributed by atoms with E-state index in [4.69, 9.17) is 0 Å². The molecule has 1 aromatic carbocycles. The number of allylic oxidation sites excluding steroid dienone is 9. The van der Waals surface area contributed by atoms with Gasteiger partial charge < -0.3 is 4.57 Å². The van der Waals surface area contributed by atoms with Gasteiger partial charge in [0.15, 0.2) is 0 Å². The van der Waals surface area contributed by atoms with Crippen LogP contribution in [0.25, 0.3) is 22.7 Å². The quantitative estimate of drug-likeness (QED) is 0.641. The first kappa shape index (κ1) is 15.8. The third-order valence-electron chi connectivity index (χ3n) is 5.88. The van der Waals surface area contributed by atoms with Gasteiger partial charge in [-0.3, -0.25) is 0 Å². The molecule has 3 aliphatic carbocycles. The fourth-order valence-corrected chi connectivity index (χ4v) is 4.48. The van der Waals surface area contributed by atoms with Gasteiger partial charge >= 0.3 is 0 Å². The molecule has 0 amide bonds. The van der Waals surface area contributed by atoms with Crippen molar-refractivity contribution in [2.75, 3.05) is 0 Å². The summed E-state index contributed by atoms with van der Waals surface area (Å²) in [5, 5.41) is 1.38. The van der Waals surface area contributed by atoms with E-state index < -0.39 is 0 Å². The monoisotopic (exact) mass is 337 g/mol. The van der Waals surface area contributed by atoms with Gasteiger partial charge in [0.2, 0.25) is 0 Å². The zero-order valence-electron chi connectivity index (χ0n) is 15.4. The highest BCUT2D eigenvalue weighted by molar-refractivity contribution is 6.13. The molecule has 0 saturated heterocycles. The molecule has 0 fully saturated rings. The Balaban J connectivity index is 1.67. The molecule has 1 unspecified atom stereocenters. The van der Waals surface area contributed by atoms with Gasteiger partial charge in [0.05, 0.1) is 5.52 Å². The van der Waals surface area contributed by atoms with Gasteiger partial charge in [0.25, 0.3) is 0 Å². The third kappa shape index (κ3) is 2.56. The van der Waals surface area contributed by atoms with Crippen molar-refractivity contribution in [1.82, 2.24) is 4.57 Å². The van der Waals surface area contributed by atoms with Crippen LogP contribution in [0.2, 0.25) is 5.82 Å². The lowest BCUT2D eigenvalue weighted by Crippen LogP contribution is -2.08. The summed E-state index contributed by atoms with van der Waals surface area (Å²) >= 11 is 0. The summed E-state index contributed by atoms with van der Waals surface area (Å²) in [4.78, 5) is 0. The molecular formula is C24H24BN. The maximum Gasteiger partial charge on any atom is 0.110 e. The molecule has 0 aliphatic heterocycles. The smallest absolute Gasteiger partial charge is 0.110 e. The molecule has 1 heterocycles. The predicted molar refractivity (Wildman–Crippen MR) is 115 cm³/mol. The van der Waals surface area contributed by atoms with E-state index in [2.05, 4.69) is 79.2 Å². The summed E-state index contributed by atoms with van der Waals surface area (Å²) in [5.41, 5.74) is 8.51. The van der Waals surface area contributed by atoms with E-state index in [1.165, 1.54) is 39.0 Å². The lowest BCUT2D eigenvalue weighted by atomic mass is 9.79. The number of nitrogens with zero attached hydrogens (tertiary/aromatic N) is 1. The van der Waals surface area contributed by atoms with Crippen LogP contribution in [0.3, 0.4) is 0 Å². The Kier molecular flexibility index (Phi) is 3.85. The van der Waals surface area contributed by atoms with Crippen molar-refractivity contribution in [3.63, 3.8) is 0 Å². The van der Waals surface area contributed by atoms with Crippen LogP contribution in [0.1, 0.15) is 36.9 Å². The Morgan fingerprint density at radius 2 is 1.92 bits per heavy atom. The van der Waals surface area contributed by atoms with Crippen LogP contribution in [-0.2, 0) is 6.42 Å². The lowest BCUT2D eigenvalue weighted by molar-refractivity contribution is 0.863. The minimum Gasteiger partial charge on any atom is -0.313 e. The Bertz CT molecular complexity index is 1030. The molecule has 2 heteroatoms. The van der Waals surface area contributed by atoms with Gasteiger partial charge in [0, 0.05) is 22.3 Å². The van der Waals surface area contributed by atoms with E-state index in [1.54, 1.807) is 0 Å². The zero-order valence-corrected chi connectivity index (χ0v) is 15.4. The Morgan fingerprint density at radius 1 is 1.00 bits per heavy atom. The van der Waals surface area contributed by atoms with Gasteiger partial charge in [-0.25, -0.2) is 0 Å². The van der Waals surface area contributed by atoms with Crippen LogP contribution in [0.15, 0.2) is 71.9 Å². The largest absolute Gasteiger partial charge is 0.313 e. The number of fused-ring (bicyclic) bond motifs is 3. The highest BCUT2D eigenvalue weighted by atomic mass is 15.0. The first-order valence-electron chi connectivity index (χ1n) is 9.90. The molecule has 3 aliphatic rings. The normalized spacial score (nSPS) is 22.0. The van der Waals surface area contributed by atoms with Crippen LogP contribution in [0.5, 0.6) is 0 Å². The average molecular weight is 337 g/mol. The Labute approximate surface area is 156 Å². The minimum atomic E-state index is 0.672. The summed E-state index contributed by atoms with van der Waals surface area (Å²) < 4.78 is 2.50. The Morgan fingerprint density at radius 3 is 2.73 bits per heavy atom. The molecule has 2 aromatic rings. The van der Waals surface area contributed by atoms with Gasteiger partial charge in [-0.05, 0) is 67.3 Å². The average Bonchev–Trinajstić information content (AvgIpc) is 3.03. The van der Waals surface area contributed by atoms with Gasteiger partial charge in [-0.1, -0.05) is 48.6 Å². The lowest BCUT2D eigenvalue weighted by Gasteiger charge is -2.21. The molecule has 0 bridgehead atoms. The van der Waals surface area contributed by atoms with Crippen LogP contribution < -0.4 is 0 Å².